The largest absolute Gasteiger partial charge is 0.489 e. The molecule has 0 bridgehead atoms. The van der Waals surface area contributed by atoms with Gasteiger partial charge in [0.15, 0.2) is 5.78 Å². The van der Waals surface area contributed by atoms with Crippen molar-refractivity contribution in [3.05, 3.63) is 39.8 Å². The molecule has 1 unspecified atom stereocenters. The Morgan fingerprint density at radius 2 is 1.92 bits per heavy atom. The van der Waals surface area contributed by atoms with E-state index in [1.54, 1.807) is 13.8 Å². The Hall–Kier alpha value is -1.88. The first-order valence-corrected chi connectivity index (χ1v) is 8.44. The van der Waals surface area contributed by atoms with Crippen molar-refractivity contribution < 1.29 is 18.7 Å². The summed E-state index contributed by atoms with van der Waals surface area (Å²) in [7, 11) is 0. The van der Waals surface area contributed by atoms with Crippen molar-refractivity contribution in [3.8, 4) is 5.75 Å². The van der Waals surface area contributed by atoms with E-state index in [2.05, 4.69) is 5.32 Å². The van der Waals surface area contributed by atoms with E-state index in [9.17, 15) is 14.0 Å². The van der Waals surface area contributed by atoms with E-state index in [0.717, 1.165) is 31.7 Å². The Labute approximate surface area is 145 Å². The molecule has 0 radical (unpaired) electrons. The molecule has 0 aromatic heterocycles. The average molecular weight is 352 g/mol. The topological polar surface area (TPSA) is 55.4 Å². The summed E-state index contributed by atoms with van der Waals surface area (Å²) in [6.45, 7) is 3.45. The van der Waals surface area contributed by atoms with E-state index in [1.165, 1.54) is 6.07 Å². The van der Waals surface area contributed by atoms with Gasteiger partial charge in [-0.3, -0.25) is 9.59 Å². The molecule has 1 aromatic rings. The van der Waals surface area contributed by atoms with Gasteiger partial charge in [0.05, 0.1) is 16.8 Å². The van der Waals surface area contributed by atoms with Gasteiger partial charge in [0, 0.05) is 5.56 Å². The van der Waals surface area contributed by atoms with E-state index in [-0.39, 0.29) is 22.4 Å². The third-order valence-electron chi connectivity index (χ3n) is 4.48. The number of hydrogen-bond donors (Lipinski definition) is 1. The highest BCUT2D eigenvalue weighted by atomic mass is 35.5. The van der Waals surface area contributed by atoms with E-state index in [1.807, 2.05) is 0 Å². The normalized spacial score (nSPS) is 21.3. The standard InChI is InChI=1S/C18H19ClFNO3/c1-9(2)16-17(22)15(18(23)21-16)11-7-14(12(19)8-13(11)20)24-10-5-3-4-6-10/h7-8,10,15H,3-6H2,1-2H3,(H,21,23). The van der Waals surface area contributed by atoms with Gasteiger partial charge in [-0.1, -0.05) is 11.6 Å². The SMILES string of the molecule is CC(C)=C1NC(=O)C(c2cc(OC3CCCC3)c(Cl)cc2F)C1=O. The summed E-state index contributed by atoms with van der Waals surface area (Å²) in [5, 5.41) is 2.69. The van der Waals surface area contributed by atoms with Crippen LogP contribution in [0.3, 0.4) is 0 Å². The molecule has 1 saturated carbocycles. The quantitative estimate of drug-likeness (QED) is 0.664. The van der Waals surface area contributed by atoms with Crippen LogP contribution in [0.5, 0.6) is 5.75 Å². The molecule has 1 atom stereocenters. The van der Waals surface area contributed by atoms with Crippen LogP contribution in [-0.4, -0.2) is 17.8 Å². The molecule has 3 rings (SSSR count). The number of ether oxygens (including phenoxy) is 1. The fraction of sp³-hybridized carbons (Fsp3) is 0.444. The highest BCUT2D eigenvalue weighted by Gasteiger charge is 2.40. The molecule has 6 heteroatoms. The second kappa shape index (κ2) is 6.55. The van der Waals surface area contributed by atoms with Crippen LogP contribution in [0.1, 0.15) is 51.0 Å². The molecule has 1 amide bonds. The van der Waals surface area contributed by atoms with Crippen molar-refractivity contribution in [2.45, 2.75) is 51.6 Å². The highest BCUT2D eigenvalue weighted by molar-refractivity contribution is 6.32. The van der Waals surface area contributed by atoms with Crippen LogP contribution in [-0.2, 0) is 9.59 Å². The van der Waals surface area contributed by atoms with Crippen LogP contribution in [0.4, 0.5) is 4.39 Å². The molecule has 1 N–H and O–H groups in total. The Morgan fingerprint density at radius 3 is 2.50 bits per heavy atom. The molecular formula is C18H19ClFNO3. The van der Waals surface area contributed by atoms with Gasteiger partial charge in [0.25, 0.3) is 0 Å². The predicted molar refractivity (Wildman–Crippen MR) is 88.6 cm³/mol. The number of hydrogen-bond acceptors (Lipinski definition) is 3. The van der Waals surface area contributed by atoms with Gasteiger partial charge < -0.3 is 10.1 Å². The minimum atomic E-state index is -1.20. The average Bonchev–Trinajstić information content (AvgIpc) is 3.11. The fourth-order valence-electron chi connectivity index (χ4n) is 3.22. The predicted octanol–water partition coefficient (Wildman–Crippen LogP) is 3.88. The molecule has 2 aliphatic rings. The number of halogens is 2. The summed E-state index contributed by atoms with van der Waals surface area (Å²) in [5.41, 5.74) is 0.927. The minimum Gasteiger partial charge on any atom is -0.489 e. The van der Waals surface area contributed by atoms with Crippen molar-refractivity contribution in [2.75, 3.05) is 0 Å². The first-order chi connectivity index (χ1) is 11.4. The summed E-state index contributed by atoms with van der Waals surface area (Å²) in [6, 6.07) is 2.51. The Morgan fingerprint density at radius 1 is 1.25 bits per heavy atom. The molecule has 0 spiro atoms. The first kappa shape index (κ1) is 17.0. The lowest BCUT2D eigenvalue weighted by atomic mass is 9.94. The zero-order chi connectivity index (χ0) is 17.4. The lowest BCUT2D eigenvalue weighted by Gasteiger charge is -2.17. The van der Waals surface area contributed by atoms with Gasteiger partial charge in [0.1, 0.15) is 17.5 Å². The van der Waals surface area contributed by atoms with Crippen molar-refractivity contribution in [1.82, 2.24) is 5.32 Å². The first-order valence-electron chi connectivity index (χ1n) is 8.06. The number of ketones is 1. The van der Waals surface area contributed by atoms with E-state index >= 15 is 0 Å². The van der Waals surface area contributed by atoms with E-state index in [0.29, 0.717) is 11.3 Å². The third kappa shape index (κ3) is 3.05. The molecule has 1 saturated heterocycles. The molecular weight excluding hydrogens is 333 g/mol. The number of benzene rings is 1. The lowest BCUT2D eigenvalue weighted by Crippen LogP contribution is -2.19. The molecule has 1 aliphatic carbocycles. The summed E-state index contributed by atoms with van der Waals surface area (Å²) in [5.74, 6) is -2.50. The Kier molecular flexibility index (Phi) is 4.63. The summed E-state index contributed by atoms with van der Waals surface area (Å²) in [6.07, 6.45) is 4.07. The van der Waals surface area contributed by atoms with Crippen LogP contribution in [0.2, 0.25) is 5.02 Å². The van der Waals surface area contributed by atoms with Crippen molar-refractivity contribution in [2.24, 2.45) is 0 Å². The second-order valence-corrected chi connectivity index (χ2v) is 6.90. The number of nitrogens with one attached hydrogen (secondary N) is 1. The monoisotopic (exact) mass is 351 g/mol. The molecule has 1 aromatic carbocycles. The molecule has 2 fully saturated rings. The van der Waals surface area contributed by atoms with Crippen LogP contribution in [0.25, 0.3) is 0 Å². The van der Waals surface area contributed by atoms with Gasteiger partial charge >= 0.3 is 0 Å². The number of carbonyl (C=O) groups excluding carboxylic acids is 2. The number of allylic oxidation sites excluding steroid dienone is 2. The summed E-state index contributed by atoms with van der Waals surface area (Å²) >= 11 is 6.08. The Balaban J connectivity index is 1.97. The minimum absolute atomic E-state index is 0.00569. The molecule has 128 valence electrons. The van der Waals surface area contributed by atoms with Crippen LogP contribution in [0.15, 0.2) is 23.4 Å². The van der Waals surface area contributed by atoms with Gasteiger partial charge in [-0.15, -0.1) is 0 Å². The number of Topliss-reactive ketones (excluding diaryl/α,β-unsaturated/α-hetero) is 1. The highest BCUT2D eigenvalue weighted by Crippen LogP contribution is 2.36. The summed E-state index contributed by atoms with van der Waals surface area (Å²) < 4.78 is 20.2. The van der Waals surface area contributed by atoms with E-state index in [4.69, 9.17) is 16.3 Å². The van der Waals surface area contributed by atoms with Crippen LogP contribution in [0, 0.1) is 5.82 Å². The molecule has 1 aliphatic heterocycles. The maximum Gasteiger partial charge on any atom is 0.240 e. The van der Waals surface area contributed by atoms with E-state index < -0.39 is 23.4 Å². The molecule has 1 heterocycles. The lowest BCUT2D eigenvalue weighted by molar-refractivity contribution is -0.124. The second-order valence-electron chi connectivity index (χ2n) is 6.49. The zero-order valence-corrected chi connectivity index (χ0v) is 14.4. The van der Waals surface area contributed by atoms with Crippen LogP contribution >= 0.6 is 11.6 Å². The number of amides is 1. The molecule has 4 nitrogen and oxygen atoms in total. The van der Waals surface area contributed by atoms with Crippen molar-refractivity contribution >= 4 is 23.3 Å². The van der Waals surface area contributed by atoms with Crippen LogP contribution < -0.4 is 10.1 Å². The smallest absolute Gasteiger partial charge is 0.240 e. The van der Waals surface area contributed by atoms with Crippen molar-refractivity contribution in [1.29, 1.82) is 0 Å². The number of carbonyl (C=O) groups is 2. The van der Waals surface area contributed by atoms with Gasteiger partial charge in [-0.25, -0.2) is 4.39 Å². The zero-order valence-electron chi connectivity index (χ0n) is 13.6. The Bertz CT molecular complexity index is 734. The maximum absolute atomic E-state index is 14.4. The van der Waals surface area contributed by atoms with Gasteiger partial charge in [0.2, 0.25) is 5.91 Å². The maximum atomic E-state index is 14.4. The summed E-state index contributed by atoms with van der Waals surface area (Å²) in [4.78, 5) is 24.7. The van der Waals surface area contributed by atoms with Gasteiger partial charge in [-0.2, -0.15) is 0 Å². The fourth-order valence-corrected chi connectivity index (χ4v) is 3.41. The third-order valence-corrected chi connectivity index (χ3v) is 4.77. The van der Waals surface area contributed by atoms with Gasteiger partial charge in [-0.05, 0) is 57.2 Å². The van der Waals surface area contributed by atoms with Crippen molar-refractivity contribution in [3.63, 3.8) is 0 Å². The molecule has 24 heavy (non-hydrogen) atoms. The number of rotatable bonds is 3.